The molecule has 1 aromatic heterocycles. The van der Waals surface area contributed by atoms with Gasteiger partial charge in [-0.05, 0) is 43.2 Å². The molecular formula is C19H17ClN2O3S. The standard InChI is InChI=1S/C19H17ClN2O3S/c1-11-8-12(2)17-15(9-11)26-19(22(17)10-16(23)25-3)21-18(24)13-6-4-5-7-14(13)20/h4-9H,10H2,1-3H3. The summed E-state index contributed by atoms with van der Waals surface area (Å²) in [4.78, 5) is 29.1. The van der Waals surface area contributed by atoms with Crippen molar-refractivity contribution in [1.82, 2.24) is 4.57 Å². The van der Waals surface area contributed by atoms with Gasteiger partial charge in [-0.25, -0.2) is 0 Å². The second-order valence-corrected chi connectivity index (χ2v) is 7.29. The van der Waals surface area contributed by atoms with Crippen molar-refractivity contribution in [2.45, 2.75) is 20.4 Å². The second-order valence-electron chi connectivity index (χ2n) is 5.87. The quantitative estimate of drug-likeness (QED) is 0.639. The Hall–Kier alpha value is -2.44. The van der Waals surface area contributed by atoms with Crippen LogP contribution in [-0.2, 0) is 16.1 Å². The number of benzene rings is 2. The number of amides is 1. The molecule has 1 heterocycles. The highest BCUT2D eigenvalue weighted by Crippen LogP contribution is 2.23. The Labute approximate surface area is 159 Å². The van der Waals surface area contributed by atoms with Crippen LogP contribution in [0.4, 0.5) is 0 Å². The molecule has 0 N–H and O–H groups in total. The zero-order chi connectivity index (χ0) is 18.8. The fraction of sp³-hybridized carbons (Fsp3) is 0.211. The second kappa shape index (κ2) is 7.43. The van der Waals surface area contributed by atoms with Crippen molar-refractivity contribution >= 4 is 45.0 Å². The maximum Gasteiger partial charge on any atom is 0.325 e. The van der Waals surface area contributed by atoms with Gasteiger partial charge >= 0.3 is 5.97 Å². The van der Waals surface area contributed by atoms with Crippen LogP contribution < -0.4 is 4.80 Å². The number of fused-ring (bicyclic) bond motifs is 1. The molecule has 0 spiro atoms. The van der Waals surface area contributed by atoms with E-state index < -0.39 is 11.9 Å². The van der Waals surface area contributed by atoms with E-state index in [1.807, 2.05) is 26.0 Å². The molecule has 0 atom stereocenters. The van der Waals surface area contributed by atoms with E-state index in [0.29, 0.717) is 15.4 Å². The first-order chi connectivity index (χ1) is 12.4. The molecule has 0 unspecified atom stereocenters. The highest BCUT2D eigenvalue weighted by Gasteiger charge is 2.15. The minimum Gasteiger partial charge on any atom is -0.468 e. The van der Waals surface area contributed by atoms with E-state index in [1.165, 1.54) is 18.4 Å². The molecule has 1 amide bonds. The van der Waals surface area contributed by atoms with Crippen LogP contribution in [0.25, 0.3) is 10.2 Å². The smallest absolute Gasteiger partial charge is 0.325 e. The molecule has 5 nitrogen and oxygen atoms in total. The van der Waals surface area contributed by atoms with Gasteiger partial charge in [0, 0.05) is 0 Å². The fourth-order valence-corrected chi connectivity index (χ4v) is 4.22. The first-order valence-corrected chi connectivity index (χ1v) is 9.11. The first-order valence-electron chi connectivity index (χ1n) is 7.91. The van der Waals surface area contributed by atoms with E-state index in [1.54, 1.807) is 28.8 Å². The van der Waals surface area contributed by atoms with Gasteiger partial charge < -0.3 is 9.30 Å². The Morgan fingerprint density at radius 3 is 2.65 bits per heavy atom. The lowest BCUT2D eigenvalue weighted by Crippen LogP contribution is -2.22. The number of hydrogen-bond acceptors (Lipinski definition) is 4. The van der Waals surface area contributed by atoms with Crippen molar-refractivity contribution in [2.75, 3.05) is 7.11 Å². The lowest BCUT2D eigenvalue weighted by Gasteiger charge is -2.06. The van der Waals surface area contributed by atoms with Gasteiger partial charge in [0.25, 0.3) is 5.91 Å². The minimum absolute atomic E-state index is 0.0188. The zero-order valence-electron chi connectivity index (χ0n) is 14.6. The predicted octanol–water partition coefficient (Wildman–Crippen LogP) is 3.89. The number of aryl methyl sites for hydroxylation is 2. The van der Waals surface area contributed by atoms with Gasteiger partial charge in [-0.1, -0.05) is 41.1 Å². The van der Waals surface area contributed by atoms with Gasteiger partial charge in [0.2, 0.25) is 0 Å². The topological polar surface area (TPSA) is 60.7 Å². The minimum atomic E-state index is -0.449. The number of thiazole rings is 1. The Bertz CT molecular complexity index is 1080. The summed E-state index contributed by atoms with van der Waals surface area (Å²) >= 11 is 7.46. The number of methoxy groups -OCH3 is 1. The third kappa shape index (κ3) is 3.57. The van der Waals surface area contributed by atoms with Crippen LogP contribution in [0.1, 0.15) is 21.5 Å². The number of halogens is 1. The van der Waals surface area contributed by atoms with Gasteiger partial charge in [0.15, 0.2) is 4.80 Å². The molecule has 0 radical (unpaired) electrons. The maximum absolute atomic E-state index is 12.6. The summed E-state index contributed by atoms with van der Waals surface area (Å²) in [6.07, 6.45) is 0. The number of ether oxygens (including phenoxy) is 1. The lowest BCUT2D eigenvalue weighted by molar-refractivity contribution is -0.141. The summed E-state index contributed by atoms with van der Waals surface area (Å²) in [5.74, 6) is -0.855. The van der Waals surface area contributed by atoms with E-state index >= 15 is 0 Å². The number of carbonyl (C=O) groups is 2. The van der Waals surface area contributed by atoms with Crippen LogP contribution in [-0.4, -0.2) is 23.6 Å². The number of aromatic nitrogens is 1. The van der Waals surface area contributed by atoms with Gasteiger partial charge in [-0.3, -0.25) is 9.59 Å². The molecule has 0 aliphatic heterocycles. The van der Waals surface area contributed by atoms with Crippen LogP contribution >= 0.6 is 22.9 Å². The molecule has 0 aliphatic carbocycles. The number of nitrogens with zero attached hydrogens (tertiary/aromatic N) is 2. The fourth-order valence-electron chi connectivity index (χ4n) is 2.80. The van der Waals surface area contributed by atoms with Crippen molar-refractivity contribution < 1.29 is 14.3 Å². The van der Waals surface area contributed by atoms with E-state index in [-0.39, 0.29) is 6.54 Å². The normalized spacial score (nSPS) is 11.8. The van der Waals surface area contributed by atoms with E-state index in [2.05, 4.69) is 4.99 Å². The van der Waals surface area contributed by atoms with E-state index in [4.69, 9.17) is 16.3 Å². The molecule has 0 saturated heterocycles. The summed E-state index contributed by atoms with van der Waals surface area (Å²) in [6, 6.07) is 10.8. The molecule has 134 valence electrons. The first kappa shape index (κ1) is 18.4. The number of carbonyl (C=O) groups excluding carboxylic acids is 2. The average molecular weight is 389 g/mol. The molecule has 0 bridgehead atoms. The summed E-state index contributed by atoms with van der Waals surface area (Å²) in [5, 5.41) is 0.342. The molecule has 2 aromatic carbocycles. The van der Waals surface area contributed by atoms with Crippen molar-refractivity contribution in [3.8, 4) is 0 Å². The zero-order valence-corrected chi connectivity index (χ0v) is 16.1. The van der Waals surface area contributed by atoms with Crippen molar-refractivity contribution in [3.63, 3.8) is 0 Å². The van der Waals surface area contributed by atoms with E-state index in [9.17, 15) is 9.59 Å². The van der Waals surface area contributed by atoms with Gasteiger partial charge in [0.05, 0.1) is 27.9 Å². The van der Waals surface area contributed by atoms with E-state index in [0.717, 1.165) is 21.3 Å². The van der Waals surface area contributed by atoms with Gasteiger partial charge in [0.1, 0.15) is 6.54 Å². The summed E-state index contributed by atoms with van der Waals surface area (Å²) in [5.41, 5.74) is 3.30. The average Bonchev–Trinajstić information content (AvgIpc) is 2.92. The Morgan fingerprint density at radius 2 is 1.96 bits per heavy atom. The SMILES string of the molecule is COC(=O)Cn1c(=NC(=O)c2ccccc2Cl)sc2cc(C)cc(C)c21. The maximum atomic E-state index is 12.6. The Kier molecular flexibility index (Phi) is 5.25. The number of esters is 1. The predicted molar refractivity (Wildman–Crippen MR) is 103 cm³/mol. The molecule has 3 aromatic rings. The Morgan fingerprint density at radius 1 is 1.23 bits per heavy atom. The Balaban J connectivity index is 2.22. The van der Waals surface area contributed by atoms with Crippen LogP contribution in [0.5, 0.6) is 0 Å². The van der Waals surface area contributed by atoms with Crippen LogP contribution in [0.3, 0.4) is 0 Å². The third-order valence-corrected chi connectivity index (χ3v) is 5.28. The van der Waals surface area contributed by atoms with Gasteiger partial charge in [-0.15, -0.1) is 0 Å². The van der Waals surface area contributed by atoms with Gasteiger partial charge in [-0.2, -0.15) is 4.99 Å². The molecule has 3 rings (SSSR count). The molecule has 7 heteroatoms. The largest absolute Gasteiger partial charge is 0.468 e. The molecule has 0 aliphatic rings. The molecule has 0 fully saturated rings. The summed E-state index contributed by atoms with van der Waals surface area (Å²) in [7, 11) is 1.33. The monoisotopic (exact) mass is 388 g/mol. The summed E-state index contributed by atoms with van der Waals surface area (Å²) in [6.45, 7) is 3.95. The molecule has 26 heavy (non-hydrogen) atoms. The van der Waals surface area contributed by atoms with Crippen molar-refractivity contribution in [3.05, 3.63) is 62.9 Å². The number of hydrogen-bond donors (Lipinski definition) is 0. The molecule has 0 saturated carbocycles. The highest BCUT2D eigenvalue weighted by molar-refractivity contribution is 7.16. The summed E-state index contributed by atoms with van der Waals surface area (Å²) < 4.78 is 7.47. The van der Waals surface area contributed by atoms with Crippen LogP contribution in [0, 0.1) is 13.8 Å². The van der Waals surface area contributed by atoms with Crippen LogP contribution in [0.2, 0.25) is 5.02 Å². The highest BCUT2D eigenvalue weighted by atomic mass is 35.5. The third-order valence-electron chi connectivity index (χ3n) is 3.93. The number of rotatable bonds is 3. The molecular weight excluding hydrogens is 372 g/mol. The van der Waals surface area contributed by atoms with Crippen LogP contribution in [0.15, 0.2) is 41.4 Å². The van der Waals surface area contributed by atoms with Crippen molar-refractivity contribution in [2.24, 2.45) is 4.99 Å². The lowest BCUT2D eigenvalue weighted by atomic mass is 10.1. The van der Waals surface area contributed by atoms with Crippen molar-refractivity contribution in [1.29, 1.82) is 0 Å².